The predicted octanol–water partition coefficient (Wildman–Crippen LogP) is 1.75. The first-order chi connectivity index (χ1) is 9.60. The van der Waals surface area contributed by atoms with Crippen molar-refractivity contribution in [2.24, 2.45) is 0 Å². The first-order valence-corrected chi connectivity index (χ1v) is 6.06. The van der Waals surface area contributed by atoms with Gasteiger partial charge >= 0.3 is 0 Å². The van der Waals surface area contributed by atoms with Gasteiger partial charge < -0.3 is 9.72 Å². The lowest BCUT2D eigenvalue weighted by Crippen LogP contribution is -2.41. The summed E-state index contributed by atoms with van der Waals surface area (Å²) in [4.78, 5) is 26.1. The van der Waals surface area contributed by atoms with Gasteiger partial charge in [-0.1, -0.05) is 11.6 Å². The number of aromatic nitrogens is 1. The number of hydrogen-bond donors (Lipinski definition) is 3. The molecule has 2 aromatic rings. The second-order valence-corrected chi connectivity index (χ2v) is 4.30. The van der Waals surface area contributed by atoms with Gasteiger partial charge in [0.1, 0.15) is 11.4 Å². The molecule has 0 atom stereocenters. The first-order valence-electron chi connectivity index (χ1n) is 5.69. The number of nitrogens with one attached hydrogen (secondary N) is 3. The molecule has 0 aliphatic rings. The minimum Gasteiger partial charge on any atom is -0.497 e. The van der Waals surface area contributed by atoms with E-state index in [2.05, 4.69) is 15.8 Å². The van der Waals surface area contributed by atoms with E-state index in [-0.39, 0.29) is 5.69 Å². The zero-order chi connectivity index (χ0) is 14.5. The Labute approximate surface area is 120 Å². The van der Waals surface area contributed by atoms with Crippen LogP contribution < -0.4 is 15.6 Å². The number of rotatable bonds is 3. The van der Waals surface area contributed by atoms with Crippen molar-refractivity contribution in [1.82, 2.24) is 15.8 Å². The van der Waals surface area contributed by atoms with E-state index in [4.69, 9.17) is 16.3 Å². The Kier molecular flexibility index (Phi) is 4.27. The van der Waals surface area contributed by atoms with Gasteiger partial charge in [-0.25, -0.2) is 0 Å². The number of methoxy groups -OCH3 is 1. The van der Waals surface area contributed by atoms with E-state index in [0.717, 1.165) is 0 Å². The summed E-state index contributed by atoms with van der Waals surface area (Å²) >= 11 is 5.68. The number of benzene rings is 1. The fourth-order valence-electron chi connectivity index (χ4n) is 1.49. The van der Waals surface area contributed by atoms with Gasteiger partial charge in [-0.2, -0.15) is 0 Å². The number of hydrazine groups is 1. The Balaban J connectivity index is 1.92. The number of carbonyl (C=O) groups excluding carboxylic acids is 2. The van der Waals surface area contributed by atoms with Crippen molar-refractivity contribution in [2.45, 2.75) is 0 Å². The molecular weight excluding hydrogens is 282 g/mol. The molecule has 0 aliphatic carbocycles. The summed E-state index contributed by atoms with van der Waals surface area (Å²) in [6.45, 7) is 0. The molecule has 2 rings (SSSR count). The summed E-state index contributed by atoms with van der Waals surface area (Å²) in [5.74, 6) is -0.274. The minimum absolute atomic E-state index is 0.255. The van der Waals surface area contributed by atoms with Crippen LogP contribution >= 0.6 is 11.6 Å². The number of H-pyrrole nitrogens is 1. The molecule has 0 saturated heterocycles. The average molecular weight is 294 g/mol. The molecule has 3 N–H and O–H groups in total. The van der Waals surface area contributed by atoms with E-state index in [1.54, 1.807) is 24.3 Å². The molecule has 0 bridgehead atoms. The molecule has 104 valence electrons. The van der Waals surface area contributed by atoms with Crippen LogP contribution in [0.4, 0.5) is 0 Å². The van der Waals surface area contributed by atoms with Crippen LogP contribution in [0.15, 0.2) is 36.5 Å². The lowest BCUT2D eigenvalue weighted by molar-refractivity contribution is 0.0844. The Morgan fingerprint density at radius 1 is 1.15 bits per heavy atom. The molecular formula is C13H12ClN3O3. The number of amides is 2. The van der Waals surface area contributed by atoms with Crippen LogP contribution in [0.2, 0.25) is 5.02 Å². The number of halogens is 1. The van der Waals surface area contributed by atoms with Gasteiger partial charge in [0, 0.05) is 11.8 Å². The van der Waals surface area contributed by atoms with Gasteiger partial charge in [0.05, 0.1) is 12.1 Å². The minimum atomic E-state index is -0.487. The van der Waals surface area contributed by atoms with Gasteiger partial charge in [0.15, 0.2) is 0 Å². The number of aromatic amines is 1. The summed E-state index contributed by atoms with van der Waals surface area (Å²) in [7, 11) is 1.54. The first kappa shape index (κ1) is 14.0. The van der Waals surface area contributed by atoms with Gasteiger partial charge in [-0.05, 0) is 30.3 Å². The van der Waals surface area contributed by atoms with E-state index in [1.165, 1.54) is 19.4 Å². The molecule has 0 aliphatic heterocycles. The van der Waals surface area contributed by atoms with Crippen LogP contribution in [0.3, 0.4) is 0 Å². The van der Waals surface area contributed by atoms with Gasteiger partial charge in [0.25, 0.3) is 11.8 Å². The summed E-state index contributed by atoms with van der Waals surface area (Å²) < 4.78 is 4.99. The fourth-order valence-corrected chi connectivity index (χ4v) is 1.66. The van der Waals surface area contributed by atoms with Crippen LogP contribution in [0.1, 0.15) is 20.8 Å². The number of carbonyl (C=O) groups is 2. The molecule has 0 radical (unpaired) electrons. The van der Waals surface area contributed by atoms with Crippen molar-refractivity contribution < 1.29 is 14.3 Å². The summed E-state index contributed by atoms with van der Waals surface area (Å²) in [6.07, 6.45) is 1.47. The third-order valence-electron chi connectivity index (χ3n) is 2.53. The smallest absolute Gasteiger partial charge is 0.286 e. The van der Waals surface area contributed by atoms with Crippen molar-refractivity contribution >= 4 is 23.4 Å². The molecule has 2 amide bonds. The monoisotopic (exact) mass is 293 g/mol. The van der Waals surface area contributed by atoms with Gasteiger partial charge in [0.2, 0.25) is 0 Å². The molecule has 0 saturated carbocycles. The topological polar surface area (TPSA) is 83.2 Å². The molecule has 7 heteroatoms. The quantitative estimate of drug-likeness (QED) is 0.754. The molecule has 1 aromatic carbocycles. The van der Waals surface area contributed by atoms with Crippen LogP contribution in [-0.4, -0.2) is 23.9 Å². The van der Waals surface area contributed by atoms with Crippen LogP contribution in [-0.2, 0) is 0 Å². The van der Waals surface area contributed by atoms with Gasteiger partial charge in [-0.15, -0.1) is 0 Å². The maximum absolute atomic E-state index is 11.8. The second-order valence-electron chi connectivity index (χ2n) is 3.87. The maximum atomic E-state index is 11.8. The molecule has 0 unspecified atom stereocenters. The van der Waals surface area contributed by atoms with E-state index in [9.17, 15) is 9.59 Å². The molecule has 20 heavy (non-hydrogen) atoms. The second kappa shape index (κ2) is 6.12. The van der Waals surface area contributed by atoms with E-state index in [0.29, 0.717) is 16.3 Å². The zero-order valence-corrected chi connectivity index (χ0v) is 11.3. The fraction of sp³-hybridized carbons (Fsp3) is 0.0769. The van der Waals surface area contributed by atoms with E-state index >= 15 is 0 Å². The molecule has 6 nitrogen and oxygen atoms in total. The average Bonchev–Trinajstić information content (AvgIpc) is 2.91. The Hall–Kier alpha value is -2.47. The van der Waals surface area contributed by atoms with Crippen molar-refractivity contribution in [3.05, 3.63) is 52.8 Å². The van der Waals surface area contributed by atoms with Crippen LogP contribution in [0.25, 0.3) is 0 Å². The highest BCUT2D eigenvalue weighted by Crippen LogP contribution is 2.11. The standard InChI is InChI=1S/C13H12ClN3O3/c1-20-10-4-2-8(3-5-10)12(18)16-17-13(19)11-6-9(14)7-15-11/h2-7,15H,1H3,(H,16,18)(H,17,19). The summed E-state index contributed by atoms with van der Waals surface area (Å²) in [6, 6.07) is 7.94. The van der Waals surface area contributed by atoms with Crippen molar-refractivity contribution in [2.75, 3.05) is 7.11 Å². The van der Waals surface area contributed by atoms with Crippen LogP contribution in [0.5, 0.6) is 5.75 Å². The van der Waals surface area contributed by atoms with Crippen molar-refractivity contribution in [1.29, 1.82) is 0 Å². The lowest BCUT2D eigenvalue weighted by Gasteiger charge is -2.07. The number of hydrogen-bond acceptors (Lipinski definition) is 3. The Morgan fingerprint density at radius 3 is 2.35 bits per heavy atom. The van der Waals surface area contributed by atoms with Crippen LogP contribution in [0, 0.1) is 0 Å². The molecule has 0 spiro atoms. The largest absolute Gasteiger partial charge is 0.497 e. The predicted molar refractivity (Wildman–Crippen MR) is 73.7 cm³/mol. The summed E-state index contributed by atoms with van der Waals surface area (Å²) in [5, 5.41) is 0.414. The van der Waals surface area contributed by atoms with Crippen molar-refractivity contribution in [3.8, 4) is 5.75 Å². The lowest BCUT2D eigenvalue weighted by atomic mass is 10.2. The Bertz CT molecular complexity index is 622. The third-order valence-corrected chi connectivity index (χ3v) is 2.75. The van der Waals surface area contributed by atoms with Gasteiger partial charge in [-0.3, -0.25) is 20.4 Å². The highest BCUT2D eigenvalue weighted by Gasteiger charge is 2.10. The zero-order valence-electron chi connectivity index (χ0n) is 10.6. The van der Waals surface area contributed by atoms with E-state index < -0.39 is 11.8 Å². The number of ether oxygens (including phenoxy) is 1. The van der Waals surface area contributed by atoms with E-state index in [1.807, 2.05) is 0 Å². The molecule has 1 heterocycles. The highest BCUT2D eigenvalue weighted by atomic mass is 35.5. The summed E-state index contributed by atoms with van der Waals surface area (Å²) in [5.41, 5.74) is 5.23. The SMILES string of the molecule is COc1ccc(C(=O)NNC(=O)c2cc(Cl)c[nH]2)cc1. The normalized spacial score (nSPS) is 9.90. The Morgan fingerprint density at radius 2 is 1.80 bits per heavy atom. The van der Waals surface area contributed by atoms with Crippen molar-refractivity contribution in [3.63, 3.8) is 0 Å². The molecule has 1 aromatic heterocycles. The maximum Gasteiger partial charge on any atom is 0.286 e. The molecule has 0 fully saturated rings. The third kappa shape index (κ3) is 3.30. The highest BCUT2D eigenvalue weighted by molar-refractivity contribution is 6.30.